The Balaban J connectivity index is 1.43. The molecule has 5 rings (SSSR count). The molecule has 0 aromatic carbocycles. The van der Waals surface area contributed by atoms with E-state index in [1.54, 1.807) is 18.5 Å². The predicted octanol–water partition coefficient (Wildman–Crippen LogP) is 4.19. The topological polar surface area (TPSA) is 117 Å². The summed E-state index contributed by atoms with van der Waals surface area (Å²) in [6.45, 7) is 2.75. The highest BCUT2D eigenvalue weighted by Gasteiger charge is 2.32. The van der Waals surface area contributed by atoms with Crippen molar-refractivity contribution in [2.75, 3.05) is 16.8 Å². The van der Waals surface area contributed by atoms with Crippen LogP contribution in [-0.2, 0) is 0 Å². The maximum Gasteiger partial charge on any atom is 0.228 e. The molecule has 4 aromatic heterocycles. The quantitative estimate of drug-likeness (QED) is 0.503. The van der Waals surface area contributed by atoms with E-state index in [9.17, 15) is 5.26 Å². The Bertz CT molecular complexity index is 1280. The summed E-state index contributed by atoms with van der Waals surface area (Å²) in [6, 6.07) is 15.1. The Labute approximate surface area is 184 Å². The fourth-order valence-electron chi connectivity index (χ4n) is 3.89. The van der Waals surface area contributed by atoms with Crippen LogP contribution in [0.4, 0.5) is 17.6 Å². The van der Waals surface area contributed by atoms with Gasteiger partial charge in [-0.25, -0.2) is 15.0 Å². The SMILES string of the molecule is Cc1cc(Nc2ccccn2)nc(N2CCC[C@H]2c2cc(-c3cccnc3C#N)no2)n1. The van der Waals surface area contributed by atoms with Crippen LogP contribution < -0.4 is 10.2 Å². The number of nitriles is 1. The van der Waals surface area contributed by atoms with Crippen LogP contribution in [0.25, 0.3) is 11.3 Å². The fraction of sp³-hybridized carbons (Fsp3) is 0.217. The average Bonchev–Trinajstić information content (AvgIpc) is 3.49. The standard InChI is InChI=1S/C23H20N8O/c1-15-12-22(28-21-8-2-3-9-26-21)29-23(27-15)31-11-5-7-19(31)20-13-17(30-32-20)16-6-4-10-25-18(16)14-24/h2-4,6,8-10,12-13,19H,5,7,11H2,1H3,(H,26,27,28,29)/t19-/m0/s1. The summed E-state index contributed by atoms with van der Waals surface area (Å²) in [6.07, 6.45) is 5.20. The third-order valence-corrected chi connectivity index (χ3v) is 5.32. The maximum atomic E-state index is 9.34. The molecule has 5 heterocycles. The van der Waals surface area contributed by atoms with E-state index >= 15 is 0 Å². The number of rotatable bonds is 5. The molecule has 1 N–H and O–H groups in total. The summed E-state index contributed by atoms with van der Waals surface area (Å²) in [5.74, 6) is 2.75. The van der Waals surface area contributed by atoms with Gasteiger partial charge >= 0.3 is 0 Å². The Morgan fingerprint density at radius 3 is 2.84 bits per heavy atom. The molecular weight excluding hydrogens is 404 g/mol. The molecule has 0 amide bonds. The van der Waals surface area contributed by atoms with Gasteiger partial charge in [0.2, 0.25) is 5.95 Å². The number of nitrogens with zero attached hydrogens (tertiary/aromatic N) is 7. The van der Waals surface area contributed by atoms with Gasteiger partial charge in [0.15, 0.2) is 5.76 Å². The van der Waals surface area contributed by atoms with Crippen LogP contribution in [-0.4, -0.2) is 31.6 Å². The molecule has 0 saturated carbocycles. The monoisotopic (exact) mass is 424 g/mol. The molecule has 0 radical (unpaired) electrons. The van der Waals surface area contributed by atoms with Crippen molar-refractivity contribution in [1.82, 2.24) is 25.1 Å². The van der Waals surface area contributed by atoms with E-state index in [2.05, 4.69) is 36.4 Å². The zero-order valence-electron chi connectivity index (χ0n) is 17.4. The van der Waals surface area contributed by atoms with Gasteiger partial charge in [0.05, 0.1) is 6.04 Å². The van der Waals surface area contributed by atoms with E-state index in [0.717, 1.165) is 36.7 Å². The fourth-order valence-corrected chi connectivity index (χ4v) is 3.89. The summed E-state index contributed by atoms with van der Waals surface area (Å²) in [5.41, 5.74) is 2.43. The minimum Gasteiger partial charge on any atom is -0.359 e. The zero-order chi connectivity index (χ0) is 21.9. The second-order valence-corrected chi connectivity index (χ2v) is 7.51. The number of nitrogens with one attached hydrogen (secondary N) is 1. The third-order valence-electron chi connectivity index (χ3n) is 5.32. The lowest BCUT2D eigenvalue weighted by molar-refractivity contribution is 0.362. The Morgan fingerprint density at radius 1 is 1.09 bits per heavy atom. The largest absolute Gasteiger partial charge is 0.359 e. The first kappa shape index (κ1) is 19.6. The van der Waals surface area contributed by atoms with Gasteiger partial charge in [0.1, 0.15) is 29.1 Å². The first-order valence-corrected chi connectivity index (χ1v) is 10.3. The van der Waals surface area contributed by atoms with Crippen molar-refractivity contribution in [1.29, 1.82) is 5.26 Å². The molecule has 9 heteroatoms. The lowest BCUT2D eigenvalue weighted by atomic mass is 10.1. The average molecular weight is 424 g/mol. The second-order valence-electron chi connectivity index (χ2n) is 7.51. The van der Waals surface area contributed by atoms with Crippen LogP contribution in [0.15, 0.2) is 59.4 Å². The lowest BCUT2D eigenvalue weighted by Gasteiger charge is -2.23. The van der Waals surface area contributed by atoms with Crippen molar-refractivity contribution in [2.45, 2.75) is 25.8 Å². The molecule has 0 spiro atoms. The van der Waals surface area contributed by atoms with Crippen LogP contribution in [0.1, 0.15) is 36.0 Å². The maximum absolute atomic E-state index is 9.34. The van der Waals surface area contributed by atoms with Crippen LogP contribution in [0.2, 0.25) is 0 Å². The highest BCUT2D eigenvalue weighted by atomic mass is 16.5. The number of aromatic nitrogens is 5. The first-order valence-electron chi connectivity index (χ1n) is 10.3. The zero-order valence-corrected chi connectivity index (χ0v) is 17.4. The summed E-state index contributed by atoms with van der Waals surface area (Å²) in [4.78, 5) is 19.9. The number of anilines is 3. The molecule has 1 saturated heterocycles. The van der Waals surface area contributed by atoms with E-state index in [1.807, 2.05) is 43.3 Å². The van der Waals surface area contributed by atoms with Crippen molar-refractivity contribution in [3.8, 4) is 17.3 Å². The summed E-state index contributed by atoms with van der Waals surface area (Å²) in [7, 11) is 0. The second kappa shape index (κ2) is 8.43. The highest BCUT2D eigenvalue weighted by molar-refractivity contribution is 5.65. The molecule has 1 aliphatic heterocycles. The normalized spacial score (nSPS) is 15.5. The summed E-state index contributed by atoms with van der Waals surface area (Å²) < 4.78 is 5.70. The van der Waals surface area contributed by atoms with Gasteiger partial charge in [-0.05, 0) is 44.0 Å². The molecule has 1 aliphatic rings. The Kier molecular flexibility index (Phi) is 5.17. The third kappa shape index (κ3) is 3.86. The lowest BCUT2D eigenvalue weighted by Crippen LogP contribution is -2.25. The van der Waals surface area contributed by atoms with Gasteiger partial charge in [-0.15, -0.1) is 0 Å². The van der Waals surface area contributed by atoms with Gasteiger partial charge in [-0.3, -0.25) is 0 Å². The van der Waals surface area contributed by atoms with Crippen LogP contribution >= 0.6 is 0 Å². The highest BCUT2D eigenvalue weighted by Crippen LogP contribution is 2.36. The van der Waals surface area contributed by atoms with Crippen LogP contribution in [0.5, 0.6) is 0 Å². The van der Waals surface area contributed by atoms with Crippen molar-refractivity contribution in [3.63, 3.8) is 0 Å². The van der Waals surface area contributed by atoms with Gasteiger partial charge in [0, 0.05) is 42.3 Å². The number of hydrogen-bond acceptors (Lipinski definition) is 9. The molecule has 0 bridgehead atoms. The Morgan fingerprint density at radius 2 is 2.00 bits per heavy atom. The van der Waals surface area contributed by atoms with Crippen molar-refractivity contribution in [3.05, 3.63) is 72.0 Å². The van der Waals surface area contributed by atoms with E-state index in [1.165, 1.54) is 0 Å². The van der Waals surface area contributed by atoms with Crippen LogP contribution in [0.3, 0.4) is 0 Å². The van der Waals surface area contributed by atoms with E-state index < -0.39 is 0 Å². The molecule has 0 aliphatic carbocycles. The number of hydrogen-bond donors (Lipinski definition) is 1. The summed E-state index contributed by atoms with van der Waals surface area (Å²) >= 11 is 0. The van der Waals surface area contributed by atoms with Gasteiger partial charge in [-0.1, -0.05) is 11.2 Å². The van der Waals surface area contributed by atoms with E-state index in [4.69, 9.17) is 9.51 Å². The first-order chi connectivity index (χ1) is 15.7. The molecule has 1 atom stereocenters. The van der Waals surface area contributed by atoms with Crippen molar-refractivity contribution < 1.29 is 4.52 Å². The van der Waals surface area contributed by atoms with Gasteiger partial charge < -0.3 is 14.7 Å². The van der Waals surface area contributed by atoms with Crippen molar-refractivity contribution in [2.24, 2.45) is 0 Å². The predicted molar refractivity (Wildman–Crippen MR) is 118 cm³/mol. The van der Waals surface area contributed by atoms with Crippen molar-refractivity contribution >= 4 is 17.6 Å². The molecule has 0 unspecified atom stereocenters. The molecule has 158 valence electrons. The molecule has 1 fully saturated rings. The minimum atomic E-state index is -0.0389. The molecule has 4 aromatic rings. The molecule has 9 nitrogen and oxygen atoms in total. The Hall–Kier alpha value is -4.32. The van der Waals surface area contributed by atoms with E-state index in [-0.39, 0.29) is 6.04 Å². The van der Waals surface area contributed by atoms with Gasteiger partial charge in [-0.2, -0.15) is 10.2 Å². The minimum absolute atomic E-state index is 0.0389. The molecular formula is C23H20N8O. The van der Waals surface area contributed by atoms with Crippen LogP contribution in [0, 0.1) is 18.3 Å². The van der Waals surface area contributed by atoms with E-state index in [0.29, 0.717) is 28.7 Å². The van der Waals surface area contributed by atoms with Gasteiger partial charge in [0.25, 0.3) is 0 Å². The number of aryl methyl sites for hydroxylation is 1. The smallest absolute Gasteiger partial charge is 0.228 e. The molecule has 32 heavy (non-hydrogen) atoms. The summed E-state index contributed by atoms with van der Waals surface area (Å²) in [5, 5.41) is 16.8. The number of pyridine rings is 2.